The van der Waals surface area contributed by atoms with Crippen molar-refractivity contribution >= 4 is 17.4 Å². The first kappa shape index (κ1) is 7.04. The van der Waals surface area contributed by atoms with Crippen LogP contribution in [0.25, 0.3) is 0 Å². The van der Waals surface area contributed by atoms with Crippen LogP contribution in [0.5, 0.6) is 0 Å². The highest BCUT2D eigenvalue weighted by molar-refractivity contribution is 8.00. The molecule has 11 heavy (non-hydrogen) atoms. The van der Waals surface area contributed by atoms with Crippen LogP contribution in [-0.4, -0.2) is 5.37 Å². The maximum atomic E-state index is 3.39. The van der Waals surface area contributed by atoms with E-state index < -0.39 is 0 Å². The molecule has 1 radical (unpaired) electrons. The third kappa shape index (κ3) is 1.23. The first-order valence-electron chi connectivity index (χ1n) is 3.72. The van der Waals surface area contributed by atoms with Crippen LogP contribution < -0.4 is 5.32 Å². The second kappa shape index (κ2) is 2.78. The molecule has 1 nitrogen and oxygen atoms in total. The minimum atomic E-state index is 0.465. The maximum absolute atomic E-state index is 3.39. The number of hydrogen-bond donors (Lipinski definition) is 1. The molecule has 2 rings (SSSR count). The van der Waals surface area contributed by atoms with E-state index in [0.717, 1.165) is 0 Å². The second-order valence-corrected chi connectivity index (χ2v) is 3.70. The molecule has 1 N–H and O–H groups in total. The zero-order chi connectivity index (χ0) is 7.68. The number of thioether (sulfide) groups is 1. The van der Waals surface area contributed by atoms with Crippen molar-refractivity contribution in [3.8, 4) is 0 Å². The Balaban J connectivity index is 2.27. The summed E-state index contributed by atoms with van der Waals surface area (Å²) in [4.78, 5) is 1.36. The van der Waals surface area contributed by atoms with E-state index in [1.807, 2.05) is 11.8 Å². The van der Waals surface area contributed by atoms with Crippen LogP contribution in [-0.2, 0) is 0 Å². The van der Waals surface area contributed by atoms with Crippen LogP contribution in [0.4, 0.5) is 5.69 Å². The lowest BCUT2D eigenvalue weighted by atomic mass is 10.3. The molecule has 0 saturated carbocycles. The van der Waals surface area contributed by atoms with E-state index in [1.165, 1.54) is 10.6 Å². The first-order valence-corrected chi connectivity index (χ1v) is 4.60. The number of anilines is 1. The smallest absolute Gasteiger partial charge is 0.0799 e. The first-order chi connectivity index (χ1) is 5.40. The van der Waals surface area contributed by atoms with Crippen molar-refractivity contribution in [1.82, 2.24) is 0 Å². The van der Waals surface area contributed by atoms with E-state index in [2.05, 4.69) is 42.9 Å². The Kier molecular flexibility index (Phi) is 1.78. The van der Waals surface area contributed by atoms with Gasteiger partial charge in [0.15, 0.2) is 0 Å². The zero-order valence-corrected chi connectivity index (χ0v) is 7.19. The molecule has 0 bridgehead atoms. The van der Waals surface area contributed by atoms with Gasteiger partial charge in [-0.25, -0.2) is 0 Å². The number of benzene rings is 1. The molecule has 2 heteroatoms. The van der Waals surface area contributed by atoms with Crippen molar-refractivity contribution in [2.45, 2.75) is 17.2 Å². The maximum Gasteiger partial charge on any atom is 0.0799 e. The molecule has 1 heterocycles. The Bertz CT molecular complexity index is 234. The molecule has 0 aromatic heterocycles. The summed E-state index contributed by atoms with van der Waals surface area (Å²) in [5.74, 6) is 0. The van der Waals surface area contributed by atoms with E-state index in [1.54, 1.807) is 0 Å². The average molecular weight is 164 g/mol. The fraction of sp³-hybridized carbons (Fsp3) is 0.222. The third-order valence-electron chi connectivity index (χ3n) is 1.74. The van der Waals surface area contributed by atoms with Crippen LogP contribution in [0.15, 0.2) is 29.2 Å². The average Bonchev–Trinajstić information content (AvgIpc) is 2.46. The summed E-state index contributed by atoms with van der Waals surface area (Å²) in [7, 11) is 0. The predicted octanol–water partition coefficient (Wildman–Crippen LogP) is 2.75. The lowest BCUT2D eigenvalue weighted by Crippen LogP contribution is -2.07. The highest BCUT2D eigenvalue weighted by Crippen LogP contribution is 2.38. The summed E-state index contributed by atoms with van der Waals surface area (Å²) in [6.07, 6.45) is 2.17. The molecule has 0 spiro atoms. The van der Waals surface area contributed by atoms with Crippen LogP contribution in [0.1, 0.15) is 6.92 Å². The Morgan fingerprint density at radius 1 is 1.45 bits per heavy atom. The predicted molar refractivity (Wildman–Crippen MR) is 49.7 cm³/mol. The van der Waals surface area contributed by atoms with Crippen molar-refractivity contribution in [2.24, 2.45) is 0 Å². The molecular formula is C9H10NS. The van der Waals surface area contributed by atoms with Gasteiger partial charge < -0.3 is 5.32 Å². The fourth-order valence-corrected chi connectivity index (χ4v) is 2.17. The number of rotatable bonds is 1. The van der Waals surface area contributed by atoms with Gasteiger partial charge >= 0.3 is 0 Å². The number of fused-ring (bicyclic) bond motifs is 1. The molecule has 0 saturated heterocycles. The SMILES string of the molecule is C[CH]C1Nc2ccccc2S1. The molecule has 1 atom stereocenters. The van der Waals surface area contributed by atoms with Crippen molar-refractivity contribution in [3.05, 3.63) is 30.7 Å². The molecule has 1 aliphatic heterocycles. The molecule has 1 aromatic carbocycles. The molecule has 0 fully saturated rings. The van der Waals surface area contributed by atoms with Gasteiger partial charge in [0.2, 0.25) is 0 Å². The Morgan fingerprint density at radius 2 is 2.27 bits per heavy atom. The minimum absolute atomic E-state index is 0.465. The van der Waals surface area contributed by atoms with Gasteiger partial charge in [-0.3, -0.25) is 0 Å². The lowest BCUT2D eigenvalue weighted by molar-refractivity contribution is 1.15. The summed E-state index contributed by atoms with van der Waals surface area (Å²) in [5.41, 5.74) is 1.26. The fourth-order valence-electron chi connectivity index (χ4n) is 1.16. The van der Waals surface area contributed by atoms with E-state index in [4.69, 9.17) is 0 Å². The quantitative estimate of drug-likeness (QED) is 0.685. The number of nitrogens with one attached hydrogen (secondary N) is 1. The van der Waals surface area contributed by atoms with Gasteiger partial charge in [0.25, 0.3) is 0 Å². The Labute approximate surface area is 71.2 Å². The van der Waals surface area contributed by atoms with Gasteiger partial charge in [-0.2, -0.15) is 0 Å². The molecular weight excluding hydrogens is 154 g/mol. The monoisotopic (exact) mass is 164 g/mol. The summed E-state index contributed by atoms with van der Waals surface area (Å²) >= 11 is 1.87. The Hall–Kier alpha value is -0.630. The second-order valence-electron chi connectivity index (χ2n) is 2.51. The van der Waals surface area contributed by atoms with Crippen molar-refractivity contribution < 1.29 is 0 Å². The van der Waals surface area contributed by atoms with E-state index in [9.17, 15) is 0 Å². The molecule has 57 valence electrons. The number of para-hydroxylation sites is 1. The van der Waals surface area contributed by atoms with Gasteiger partial charge in [0.05, 0.1) is 5.37 Å². The normalized spacial score (nSPS) is 21.0. The highest BCUT2D eigenvalue weighted by Gasteiger charge is 2.18. The van der Waals surface area contributed by atoms with Crippen molar-refractivity contribution in [1.29, 1.82) is 0 Å². The van der Waals surface area contributed by atoms with Gasteiger partial charge in [0.1, 0.15) is 0 Å². The standard InChI is InChI=1S/C9H10NS/c1-2-9-10-7-5-3-4-6-8(7)11-9/h2-6,9-10H,1H3. The largest absolute Gasteiger partial charge is 0.372 e. The van der Waals surface area contributed by atoms with Crippen LogP contribution >= 0.6 is 11.8 Å². The van der Waals surface area contributed by atoms with Crippen LogP contribution in [0.3, 0.4) is 0 Å². The molecule has 0 aliphatic carbocycles. The molecule has 1 aromatic rings. The van der Waals surface area contributed by atoms with E-state index in [0.29, 0.717) is 5.37 Å². The van der Waals surface area contributed by atoms with Gasteiger partial charge in [-0.1, -0.05) is 30.8 Å². The minimum Gasteiger partial charge on any atom is -0.372 e. The van der Waals surface area contributed by atoms with Crippen molar-refractivity contribution in [2.75, 3.05) is 5.32 Å². The summed E-state index contributed by atoms with van der Waals surface area (Å²) < 4.78 is 0. The van der Waals surface area contributed by atoms with E-state index in [-0.39, 0.29) is 0 Å². The number of hydrogen-bond acceptors (Lipinski definition) is 2. The van der Waals surface area contributed by atoms with Crippen LogP contribution in [0, 0.1) is 6.42 Å². The lowest BCUT2D eigenvalue weighted by Gasteiger charge is -2.04. The van der Waals surface area contributed by atoms with E-state index >= 15 is 0 Å². The Morgan fingerprint density at radius 3 is 3.00 bits per heavy atom. The van der Waals surface area contributed by atoms with Crippen molar-refractivity contribution in [3.63, 3.8) is 0 Å². The summed E-state index contributed by atoms with van der Waals surface area (Å²) in [5, 5.41) is 3.86. The summed E-state index contributed by atoms with van der Waals surface area (Å²) in [6.45, 7) is 2.08. The van der Waals surface area contributed by atoms with Gasteiger partial charge in [0, 0.05) is 10.6 Å². The molecule has 1 aliphatic rings. The topological polar surface area (TPSA) is 12.0 Å². The van der Waals surface area contributed by atoms with Crippen LogP contribution in [0.2, 0.25) is 0 Å². The highest BCUT2D eigenvalue weighted by atomic mass is 32.2. The van der Waals surface area contributed by atoms with Gasteiger partial charge in [-0.05, 0) is 18.6 Å². The molecule has 0 amide bonds. The third-order valence-corrected chi connectivity index (χ3v) is 3.00. The zero-order valence-electron chi connectivity index (χ0n) is 6.37. The van der Waals surface area contributed by atoms with Gasteiger partial charge in [-0.15, -0.1) is 0 Å². The summed E-state index contributed by atoms with van der Waals surface area (Å²) in [6, 6.07) is 8.40. The molecule has 1 unspecified atom stereocenters.